The molecule has 0 radical (unpaired) electrons. The minimum Gasteiger partial charge on any atom is -0.480 e. The first-order valence-corrected chi connectivity index (χ1v) is 17.0. The van der Waals surface area contributed by atoms with Crippen LogP contribution in [0.4, 0.5) is 17.1 Å². The third kappa shape index (κ3) is 16.9. The molecule has 19 heteroatoms. The number of nitro groups is 2. The molecule has 2 aromatic carbocycles. The van der Waals surface area contributed by atoms with Crippen LogP contribution in [0, 0.1) is 31.6 Å². The lowest BCUT2D eigenvalue weighted by molar-refractivity contribution is -0.403. The van der Waals surface area contributed by atoms with Crippen molar-refractivity contribution in [3.8, 4) is 0 Å². The monoisotopic (exact) mass is 756 g/mol. The van der Waals surface area contributed by atoms with Crippen molar-refractivity contribution in [2.75, 3.05) is 23.7 Å². The predicted molar refractivity (Wildman–Crippen MR) is 198 cm³/mol. The van der Waals surface area contributed by atoms with Crippen LogP contribution in [0.25, 0.3) is 0 Å². The molecule has 54 heavy (non-hydrogen) atoms. The Balaban J connectivity index is 1.99. The van der Waals surface area contributed by atoms with E-state index < -0.39 is 57.6 Å². The number of nitrogens with one attached hydrogen (secondary N) is 6. The maximum Gasteiger partial charge on any atom is 0.327 e. The van der Waals surface area contributed by atoms with Crippen molar-refractivity contribution in [1.29, 1.82) is 0 Å². The first-order valence-electron chi connectivity index (χ1n) is 17.0. The number of amides is 3. The van der Waals surface area contributed by atoms with Crippen molar-refractivity contribution >= 4 is 46.7 Å². The Morgan fingerprint density at radius 1 is 0.778 bits per heavy atom. The Hall–Kier alpha value is -6.11. The molecule has 0 aliphatic rings. The minimum atomic E-state index is -1.41. The number of carboxylic acid groups (broad SMARTS) is 2. The van der Waals surface area contributed by atoms with Gasteiger partial charge in [0.05, 0.1) is 16.3 Å². The summed E-state index contributed by atoms with van der Waals surface area (Å²) in [5, 5.41) is 57.3. The average molecular weight is 757 g/mol. The lowest BCUT2D eigenvalue weighted by Crippen LogP contribution is -2.55. The number of carbonyl (C=O) groups excluding carboxylic acids is 3. The van der Waals surface area contributed by atoms with Gasteiger partial charge in [0.25, 0.3) is 11.9 Å². The van der Waals surface area contributed by atoms with Gasteiger partial charge >= 0.3 is 11.9 Å². The third-order valence-electron chi connectivity index (χ3n) is 7.45. The SMILES string of the molecule is CC(C)CC(NC(=O)Cc1ccc(N/C(=C/[N+](=O)[O-])Nc2ccc([N+](=O)[O-])cc2)cc1)C(=O)NC(CNCCC(NC(=O)CC(C)(C)C)C(=O)O)C(=O)O. The van der Waals surface area contributed by atoms with E-state index in [1.54, 1.807) is 24.3 Å². The van der Waals surface area contributed by atoms with Crippen molar-refractivity contribution in [1.82, 2.24) is 21.3 Å². The smallest absolute Gasteiger partial charge is 0.327 e. The van der Waals surface area contributed by atoms with Crippen LogP contribution in [-0.4, -0.2) is 80.9 Å². The summed E-state index contributed by atoms with van der Waals surface area (Å²) in [5.74, 6) is -4.37. The highest BCUT2D eigenvalue weighted by Gasteiger charge is 2.28. The number of nitrogens with zero attached hydrogens (tertiary/aromatic N) is 2. The van der Waals surface area contributed by atoms with Gasteiger partial charge in [-0.1, -0.05) is 46.8 Å². The molecule has 3 amide bonds. The van der Waals surface area contributed by atoms with Crippen molar-refractivity contribution in [2.45, 2.75) is 78.4 Å². The molecule has 0 saturated carbocycles. The van der Waals surface area contributed by atoms with Crippen molar-refractivity contribution in [2.24, 2.45) is 11.3 Å². The van der Waals surface area contributed by atoms with E-state index in [1.807, 2.05) is 34.6 Å². The number of hydrogen-bond donors (Lipinski definition) is 8. The maximum atomic E-state index is 13.2. The highest BCUT2D eigenvalue weighted by atomic mass is 16.6. The zero-order valence-electron chi connectivity index (χ0n) is 30.7. The van der Waals surface area contributed by atoms with Crippen LogP contribution in [-0.2, 0) is 30.4 Å². The fraction of sp³-hybridized carbons (Fsp3) is 0.457. The molecule has 0 aromatic heterocycles. The van der Waals surface area contributed by atoms with E-state index in [0.717, 1.165) is 0 Å². The Labute approximate surface area is 311 Å². The molecule has 2 aromatic rings. The fourth-order valence-electron chi connectivity index (χ4n) is 4.97. The van der Waals surface area contributed by atoms with Gasteiger partial charge in [0.2, 0.25) is 17.7 Å². The van der Waals surface area contributed by atoms with Gasteiger partial charge in [-0.2, -0.15) is 0 Å². The summed E-state index contributed by atoms with van der Waals surface area (Å²) in [6, 6.07) is 7.88. The van der Waals surface area contributed by atoms with Gasteiger partial charge in [-0.3, -0.25) is 34.6 Å². The molecule has 0 fully saturated rings. The number of rotatable bonds is 22. The number of non-ortho nitro benzene ring substituents is 1. The number of nitro benzene ring substituents is 1. The Morgan fingerprint density at radius 3 is 1.80 bits per heavy atom. The summed E-state index contributed by atoms with van der Waals surface area (Å²) in [6.07, 6.45) is 0.808. The van der Waals surface area contributed by atoms with Crippen molar-refractivity contribution in [3.05, 3.63) is 86.3 Å². The molecule has 8 N–H and O–H groups in total. The Kier molecular flexibility index (Phi) is 17.0. The van der Waals surface area contributed by atoms with Crippen LogP contribution >= 0.6 is 0 Å². The zero-order chi connectivity index (χ0) is 40.6. The molecule has 294 valence electrons. The van der Waals surface area contributed by atoms with Crippen molar-refractivity contribution < 1.29 is 44.0 Å². The highest BCUT2D eigenvalue weighted by molar-refractivity contribution is 5.91. The quantitative estimate of drug-likeness (QED) is 0.0487. The van der Waals surface area contributed by atoms with Crippen LogP contribution in [0.15, 0.2) is 60.6 Å². The Morgan fingerprint density at radius 2 is 1.31 bits per heavy atom. The number of carbonyl (C=O) groups is 5. The third-order valence-corrected chi connectivity index (χ3v) is 7.45. The number of aliphatic carboxylic acids is 2. The van der Waals surface area contributed by atoms with Crippen LogP contribution in [0.1, 0.15) is 59.4 Å². The summed E-state index contributed by atoms with van der Waals surface area (Å²) >= 11 is 0. The fourth-order valence-corrected chi connectivity index (χ4v) is 4.97. The normalized spacial score (nSPS) is 13.2. The molecule has 2 rings (SSSR count). The lowest BCUT2D eigenvalue weighted by Gasteiger charge is -2.23. The van der Waals surface area contributed by atoms with Gasteiger partial charge in [0.1, 0.15) is 18.1 Å². The van der Waals surface area contributed by atoms with Gasteiger partial charge in [0, 0.05) is 36.5 Å². The molecule has 3 unspecified atom stereocenters. The van der Waals surface area contributed by atoms with Crippen LogP contribution < -0.4 is 31.9 Å². The molecule has 19 nitrogen and oxygen atoms in total. The summed E-state index contributed by atoms with van der Waals surface area (Å²) in [5.41, 5.74) is 0.801. The Bertz CT molecular complexity index is 1670. The standard InChI is InChI=1S/C35H48N8O11/c1-21(2)16-27(32(46)41-28(34(49)50)19-36-15-14-26(33(47)48)39-31(45)18-35(3,4)5)40-30(44)17-22-6-8-23(9-7-22)37-29(20-42(51)52)38-24-10-12-25(13-11-24)43(53)54/h6-13,20-21,26-28,36-38H,14-19H2,1-5H3,(H,39,45)(H,40,44)(H,41,46)(H,47,48)(H,49,50)/b29-20-. The molecule has 0 saturated heterocycles. The molecule has 0 aliphatic carbocycles. The lowest BCUT2D eigenvalue weighted by atomic mass is 9.92. The van der Waals surface area contributed by atoms with E-state index in [4.69, 9.17) is 0 Å². The van der Waals surface area contributed by atoms with E-state index in [2.05, 4.69) is 31.9 Å². The average Bonchev–Trinajstić information content (AvgIpc) is 3.04. The van der Waals surface area contributed by atoms with E-state index in [-0.39, 0.29) is 61.6 Å². The van der Waals surface area contributed by atoms with Crippen LogP contribution in [0.5, 0.6) is 0 Å². The summed E-state index contributed by atoms with van der Waals surface area (Å²) in [4.78, 5) is 82.9. The minimum absolute atomic E-state index is 0.0243. The first kappa shape index (κ1) is 44.1. The maximum absolute atomic E-state index is 13.2. The van der Waals surface area contributed by atoms with E-state index in [0.29, 0.717) is 23.1 Å². The van der Waals surface area contributed by atoms with Gasteiger partial charge in [-0.25, -0.2) is 9.59 Å². The summed E-state index contributed by atoms with van der Waals surface area (Å²) in [6.45, 7) is 8.94. The van der Waals surface area contributed by atoms with Gasteiger partial charge in [0.15, 0.2) is 5.82 Å². The molecular weight excluding hydrogens is 708 g/mol. The number of hydrogen-bond acceptors (Lipinski definition) is 12. The predicted octanol–water partition coefficient (Wildman–Crippen LogP) is 2.82. The molecule has 0 bridgehead atoms. The molecule has 0 heterocycles. The second-order valence-corrected chi connectivity index (χ2v) is 14.1. The molecule has 0 aliphatic heterocycles. The topological polar surface area (TPSA) is 284 Å². The van der Waals surface area contributed by atoms with Gasteiger partial charge in [-0.15, -0.1) is 0 Å². The number of carboxylic acids is 2. The van der Waals surface area contributed by atoms with Crippen molar-refractivity contribution in [3.63, 3.8) is 0 Å². The largest absolute Gasteiger partial charge is 0.480 e. The summed E-state index contributed by atoms with van der Waals surface area (Å²) in [7, 11) is 0. The van der Waals surface area contributed by atoms with Gasteiger partial charge in [-0.05, 0) is 60.5 Å². The second-order valence-electron chi connectivity index (χ2n) is 14.1. The van der Waals surface area contributed by atoms with Crippen LogP contribution in [0.3, 0.4) is 0 Å². The zero-order valence-corrected chi connectivity index (χ0v) is 30.7. The molecule has 3 atom stereocenters. The summed E-state index contributed by atoms with van der Waals surface area (Å²) < 4.78 is 0. The second kappa shape index (κ2) is 20.8. The first-order chi connectivity index (χ1) is 25.2. The van der Waals surface area contributed by atoms with Crippen LogP contribution in [0.2, 0.25) is 0 Å². The molecule has 0 spiro atoms. The number of anilines is 2. The van der Waals surface area contributed by atoms with E-state index in [1.165, 1.54) is 24.3 Å². The number of benzene rings is 2. The molecular formula is C35H48N8O11. The van der Waals surface area contributed by atoms with E-state index in [9.17, 15) is 54.4 Å². The highest BCUT2D eigenvalue weighted by Crippen LogP contribution is 2.20. The van der Waals surface area contributed by atoms with E-state index >= 15 is 0 Å². The van der Waals surface area contributed by atoms with Gasteiger partial charge < -0.3 is 42.1 Å².